The number of benzene rings is 3. The zero-order valence-electron chi connectivity index (χ0n) is 15.0. The van der Waals surface area contributed by atoms with Gasteiger partial charge in [-0.05, 0) is 0 Å². The van der Waals surface area contributed by atoms with Gasteiger partial charge in [-0.2, -0.15) is 0 Å². The summed E-state index contributed by atoms with van der Waals surface area (Å²) < 4.78 is 38.4. The van der Waals surface area contributed by atoms with Crippen LogP contribution < -0.4 is 11.3 Å². The molecule has 3 aromatic rings. The van der Waals surface area contributed by atoms with Gasteiger partial charge >= 0.3 is 162 Å². The molecule has 0 atom stereocenters. The number of para-hydroxylation sites is 3. The number of fused-ring (bicyclic) bond motifs is 3. The zero-order valence-corrected chi connectivity index (χ0v) is 17.1. The van der Waals surface area contributed by atoms with Gasteiger partial charge in [0.25, 0.3) is 0 Å². The first-order valence-electron chi connectivity index (χ1n) is 9.25. The molecule has 1 spiro atoms. The molecule has 0 fully saturated rings. The number of hydrogen-bond donors (Lipinski definition) is 0. The Morgan fingerprint density at radius 3 is 1.14 bits per heavy atom. The molecule has 7 heteroatoms. The molecule has 0 N–H and O–H groups in total. The molecular formula is C21H18GeO6-2. The molecule has 3 aliphatic heterocycles. The van der Waals surface area contributed by atoms with E-state index in [1.54, 1.807) is 0 Å². The standard InChI is InChI=1S/C21H18GeO6/c1-4-10-19-16(7-1)13-23-22(26-19,24-14-17-8-2-5-11-20(17)27-22)25-15-18-9-3-6-12-21(18)28-22/h1-12H,13-15H2/q-2. The molecule has 0 unspecified atom stereocenters. The van der Waals surface area contributed by atoms with E-state index < -0.39 is 13.1 Å². The number of hydrogen-bond acceptors (Lipinski definition) is 6. The van der Waals surface area contributed by atoms with Crippen molar-refractivity contribution in [2.75, 3.05) is 0 Å². The predicted octanol–water partition coefficient (Wildman–Crippen LogP) is 4.15. The third-order valence-electron chi connectivity index (χ3n) is 5.44. The van der Waals surface area contributed by atoms with Gasteiger partial charge in [-0.3, -0.25) is 0 Å². The second kappa shape index (κ2) is 5.09. The van der Waals surface area contributed by atoms with E-state index in [1.807, 2.05) is 72.8 Å². The maximum atomic E-state index is 6.47. The SMILES string of the molecule is c1ccc2c(c1)C[O][Ge-2]13([O]Cc4ccccc4[O]1)([O]Cc1ccccc1[O]3)[O]2. The molecule has 0 radical (unpaired) electrons. The van der Waals surface area contributed by atoms with Gasteiger partial charge in [0.05, 0.1) is 0 Å². The van der Waals surface area contributed by atoms with Crippen molar-refractivity contribution in [3.05, 3.63) is 89.5 Å². The molecule has 0 amide bonds. The van der Waals surface area contributed by atoms with Crippen LogP contribution in [0.5, 0.6) is 17.2 Å². The van der Waals surface area contributed by atoms with Crippen molar-refractivity contribution < 1.29 is 22.6 Å². The van der Waals surface area contributed by atoms with Crippen LogP contribution in [0.4, 0.5) is 0 Å². The van der Waals surface area contributed by atoms with Crippen molar-refractivity contribution in [1.29, 1.82) is 0 Å². The quantitative estimate of drug-likeness (QED) is 0.491. The molecule has 0 bridgehead atoms. The predicted molar refractivity (Wildman–Crippen MR) is 101 cm³/mol. The van der Waals surface area contributed by atoms with Crippen molar-refractivity contribution >= 4 is 13.1 Å². The normalized spacial score (nSPS) is 24.4. The topological polar surface area (TPSA) is 55.4 Å². The van der Waals surface area contributed by atoms with Crippen molar-refractivity contribution in [3.8, 4) is 17.2 Å². The minimum atomic E-state index is -6.35. The van der Waals surface area contributed by atoms with E-state index in [1.165, 1.54) is 0 Å². The van der Waals surface area contributed by atoms with Gasteiger partial charge in [0, 0.05) is 0 Å². The molecule has 0 saturated heterocycles. The van der Waals surface area contributed by atoms with Gasteiger partial charge in [0.1, 0.15) is 0 Å². The molecule has 0 aromatic heterocycles. The fraction of sp³-hybridized carbons (Fsp3) is 0.143. The van der Waals surface area contributed by atoms with Gasteiger partial charge in [0.2, 0.25) is 0 Å². The van der Waals surface area contributed by atoms with Crippen LogP contribution in [-0.2, 0) is 31.1 Å². The zero-order chi connectivity index (χ0) is 18.7. The first kappa shape index (κ1) is 16.4. The van der Waals surface area contributed by atoms with E-state index in [0.29, 0.717) is 17.2 Å². The van der Waals surface area contributed by atoms with E-state index >= 15 is 0 Å². The maximum absolute atomic E-state index is 6.47. The van der Waals surface area contributed by atoms with E-state index in [0.717, 1.165) is 16.7 Å². The van der Waals surface area contributed by atoms with Crippen LogP contribution in [0.25, 0.3) is 0 Å². The van der Waals surface area contributed by atoms with Crippen LogP contribution in [0.2, 0.25) is 0 Å². The van der Waals surface area contributed by atoms with Crippen LogP contribution in [-0.4, -0.2) is 13.1 Å². The third kappa shape index (κ3) is 2.08. The molecule has 144 valence electrons. The van der Waals surface area contributed by atoms with Crippen LogP contribution >= 0.6 is 0 Å². The summed E-state index contributed by atoms with van der Waals surface area (Å²) in [5.74, 6) is 1.74. The third-order valence-corrected chi connectivity index (χ3v) is 14.1. The summed E-state index contributed by atoms with van der Waals surface area (Å²) in [5.41, 5.74) is 2.64. The second-order valence-electron chi connectivity index (χ2n) is 7.25. The molecule has 3 aliphatic rings. The number of rotatable bonds is 0. The Hall–Kier alpha value is -2.52. The van der Waals surface area contributed by atoms with Gasteiger partial charge in [-0.1, -0.05) is 0 Å². The van der Waals surface area contributed by atoms with Crippen LogP contribution in [0, 0.1) is 0 Å². The average molecular weight is 439 g/mol. The van der Waals surface area contributed by atoms with Crippen molar-refractivity contribution in [3.63, 3.8) is 0 Å². The Morgan fingerprint density at radius 1 is 0.464 bits per heavy atom. The Balaban J connectivity index is 1.60. The fourth-order valence-corrected chi connectivity index (χ4v) is 12.8. The summed E-state index contributed by atoms with van der Waals surface area (Å²) in [6, 6.07) is 22.8. The van der Waals surface area contributed by atoms with Crippen LogP contribution in [0.15, 0.2) is 72.8 Å². The van der Waals surface area contributed by atoms with Crippen molar-refractivity contribution in [1.82, 2.24) is 0 Å². The van der Waals surface area contributed by atoms with Crippen LogP contribution in [0.3, 0.4) is 0 Å². The van der Waals surface area contributed by atoms with Gasteiger partial charge in [0.15, 0.2) is 0 Å². The van der Waals surface area contributed by atoms with Crippen molar-refractivity contribution in [2.24, 2.45) is 0 Å². The summed E-state index contributed by atoms with van der Waals surface area (Å²) >= 11 is -6.35. The van der Waals surface area contributed by atoms with E-state index in [-0.39, 0.29) is 19.8 Å². The molecule has 0 saturated carbocycles. The summed E-state index contributed by atoms with van der Waals surface area (Å²) in [6.45, 7) is 0.599. The molecular weight excluding hydrogens is 421 g/mol. The van der Waals surface area contributed by atoms with Gasteiger partial charge in [-0.25, -0.2) is 0 Å². The van der Waals surface area contributed by atoms with E-state index in [2.05, 4.69) is 0 Å². The van der Waals surface area contributed by atoms with Crippen LogP contribution in [0.1, 0.15) is 16.7 Å². The summed E-state index contributed by atoms with van der Waals surface area (Å²) in [4.78, 5) is 0. The first-order chi connectivity index (χ1) is 13.6. The van der Waals surface area contributed by atoms with Crippen molar-refractivity contribution in [2.45, 2.75) is 19.8 Å². The summed E-state index contributed by atoms with van der Waals surface area (Å²) in [5, 5.41) is 0. The molecule has 28 heavy (non-hydrogen) atoms. The monoisotopic (exact) mass is 440 g/mol. The Labute approximate surface area is 162 Å². The summed E-state index contributed by atoms with van der Waals surface area (Å²) in [7, 11) is 0. The molecule has 3 aromatic carbocycles. The Kier molecular flexibility index (Phi) is 2.99. The summed E-state index contributed by atoms with van der Waals surface area (Å²) in [6.07, 6.45) is 0. The van der Waals surface area contributed by atoms with E-state index in [4.69, 9.17) is 22.6 Å². The Morgan fingerprint density at radius 2 is 0.786 bits per heavy atom. The molecule has 6 nitrogen and oxygen atoms in total. The van der Waals surface area contributed by atoms with Gasteiger partial charge < -0.3 is 0 Å². The Bertz CT molecular complexity index is 979. The van der Waals surface area contributed by atoms with E-state index in [9.17, 15) is 0 Å². The second-order valence-corrected chi connectivity index (χ2v) is 15.6. The minimum absolute atomic E-state index is 0.200. The molecule has 0 aliphatic carbocycles. The average Bonchev–Trinajstić information content (AvgIpc) is 2.73. The first-order valence-corrected chi connectivity index (χ1v) is 14.4. The molecule has 3 heterocycles. The molecule has 6 rings (SSSR count). The van der Waals surface area contributed by atoms with Gasteiger partial charge in [-0.15, -0.1) is 0 Å². The fourth-order valence-electron chi connectivity index (χ4n) is 3.97.